The molecule has 3 heterocycles. The van der Waals surface area contributed by atoms with E-state index >= 15 is 0 Å². The van der Waals surface area contributed by atoms with Gasteiger partial charge in [-0.1, -0.05) is 0 Å². The van der Waals surface area contributed by atoms with Crippen LogP contribution in [0.2, 0.25) is 0 Å². The van der Waals surface area contributed by atoms with Crippen LogP contribution in [0.15, 0.2) is 18.3 Å². The molecule has 2 fully saturated rings. The average molecular weight is 304 g/mol. The summed E-state index contributed by atoms with van der Waals surface area (Å²) in [5.41, 5.74) is 0.751. The molecule has 0 saturated carbocycles. The highest BCUT2D eigenvalue weighted by Crippen LogP contribution is 2.31. The molecule has 3 rings (SSSR count). The lowest BCUT2D eigenvalue weighted by atomic mass is 9.89. The molecule has 6 nitrogen and oxygen atoms in total. The largest absolute Gasteiger partial charge is 0.358 e. The van der Waals surface area contributed by atoms with Crippen LogP contribution in [0.1, 0.15) is 16.9 Å². The third-order valence-electron chi connectivity index (χ3n) is 4.98. The third-order valence-corrected chi connectivity index (χ3v) is 4.98. The van der Waals surface area contributed by atoms with Crippen molar-refractivity contribution in [1.82, 2.24) is 19.7 Å². The van der Waals surface area contributed by atoms with Gasteiger partial charge in [-0.15, -0.1) is 0 Å². The van der Waals surface area contributed by atoms with Crippen molar-refractivity contribution in [3.8, 4) is 0 Å². The molecule has 2 saturated heterocycles. The number of nitrogens with one attached hydrogen (secondary N) is 1. The first-order chi connectivity index (χ1) is 10.6. The van der Waals surface area contributed by atoms with Gasteiger partial charge in [0.05, 0.1) is 6.54 Å². The molecular weight excluding hydrogens is 280 g/mol. The Bertz CT molecular complexity index is 568. The van der Waals surface area contributed by atoms with Gasteiger partial charge in [-0.3, -0.25) is 14.5 Å². The number of piperidine rings is 1. The van der Waals surface area contributed by atoms with E-state index < -0.39 is 0 Å². The molecule has 22 heavy (non-hydrogen) atoms. The number of amides is 2. The van der Waals surface area contributed by atoms with Gasteiger partial charge >= 0.3 is 0 Å². The first-order valence-corrected chi connectivity index (χ1v) is 7.92. The third kappa shape index (κ3) is 2.88. The minimum atomic E-state index is 0.0631. The van der Waals surface area contributed by atoms with Crippen molar-refractivity contribution in [3.05, 3.63) is 24.0 Å². The molecule has 120 valence electrons. The Morgan fingerprint density at radius 2 is 2.05 bits per heavy atom. The topological polar surface area (TPSA) is 57.6 Å². The average Bonchev–Trinajstić information content (AvgIpc) is 3.12. The summed E-state index contributed by atoms with van der Waals surface area (Å²) in [5.74, 6) is 1.25. The van der Waals surface area contributed by atoms with Crippen molar-refractivity contribution in [2.45, 2.75) is 6.42 Å². The van der Waals surface area contributed by atoms with Gasteiger partial charge in [0.2, 0.25) is 5.91 Å². The number of carbonyl (C=O) groups excluding carboxylic acids is 2. The molecule has 2 atom stereocenters. The van der Waals surface area contributed by atoms with E-state index in [1.165, 1.54) is 0 Å². The maximum Gasteiger partial charge on any atom is 0.270 e. The summed E-state index contributed by atoms with van der Waals surface area (Å²) in [4.78, 5) is 28.3. The zero-order chi connectivity index (χ0) is 15.7. The Kier molecular flexibility index (Phi) is 4.20. The first kappa shape index (κ1) is 15.1. The SMILES string of the molecule is CNC(=O)CN1CC[C@@H]2CN(C(=O)c3cccn3C)C[C@@H]2C1. The molecule has 6 heteroatoms. The summed E-state index contributed by atoms with van der Waals surface area (Å²) in [6, 6.07) is 3.78. The van der Waals surface area contributed by atoms with Crippen LogP contribution in [0.4, 0.5) is 0 Å². The van der Waals surface area contributed by atoms with Crippen LogP contribution in [0.3, 0.4) is 0 Å². The predicted octanol–water partition coefficient (Wildman–Crippen LogP) is 0.165. The van der Waals surface area contributed by atoms with Gasteiger partial charge in [0.25, 0.3) is 5.91 Å². The Balaban J connectivity index is 1.61. The number of fused-ring (bicyclic) bond motifs is 1. The second kappa shape index (κ2) is 6.12. The van der Waals surface area contributed by atoms with Gasteiger partial charge in [0.15, 0.2) is 0 Å². The van der Waals surface area contributed by atoms with E-state index in [2.05, 4.69) is 10.2 Å². The van der Waals surface area contributed by atoms with E-state index in [-0.39, 0.29) is 11.8 Å². The minimum absolute atomic E-state index is 0.0631. The van der Waals surface area contributed by atoms with Crippen molar-refractivity contribution >= 4 is 11.8 Å². The number of hydrogen-bond acceptors (Lipinski definition) is 3. The van der Waals surface area contributed by atoms with Crippen LogP contribution in [-0.2, 0) is 11.8 Å². The number of rotatable bonds is 3. The number of aryl methyl sites for hydroxylation is 1. The van der Waals surface area contributed by atoms with Crippen LogP contribution in [0.25, 0.3) is 0 Å². The molecule has 2 aliphatic heterocycles. The van der Waals surface area contributed by atoms with Crippen molar-refractivity contribution in [2.24, 2.45) is 18.9 Å². The maximum absolute atomic E-state index is 12.6. The Morgan fingerprint density at radius 3 is 2.73 bits per heavy atom. The van der Waals surface area contributed by atoms with Crippen LogP contribution in [0, 0.1) is 11.8 Å². The Labute approximate surface area is 131 Å². The molecule has 0 spiro atoms. The molecule has 0 aliphatic carbocycles. The first-order valence-electron chi connectivity index (χ1n) is 7.92. The molecule has 2 amide bonds. The number of carbonyl (C=O) groups is 2. The van der Waals surface area contributed by atoms with E-state index in [0.29, 0.717) is 18.4 Å². The zero-order valence-electron chi connectivity index (χ0n) is 13.3. The van der Waals surface area contributed by atoms with Gasteiger partial charge in [-0.05, 0) is 36.9 Å². The number of likely N-dealkylation sites (N-methyl/N-ethyl adjacent to an activating group) is 1. The summed E-state index contributed by atoms with van der Waals surface area (Å²) < 4.78 is 1.88. The van der Waals surface area contributed by atoms with Crippen LogP contribution in [0.5, 0.6) is 0 Å². The highest BCUT2D eigenvalue weighted by atomic mass is 16.2. The van der Waals surface area contributed by atoms with Crippen molar-refractivity contribution < 1.29 is 9.59 Å². The van der Waals surface area contributed by atoms with Gasteiger partial charge in [-0.25, -0.2) is 0 Å². The highest BCUT2D eigenvalue weighted by molar-refractivity contribution is 5.93. The quantitative estimate of drug-likeness (QED) is 0.866. The van der Waals surface area contributed by atoms with Gasteiger partial charge in [0, 0.05) is 39.9 Å². The zero-order valence-corrected chi connectivity index (χ0v) is 13.3. The molecule has 0 radical (unpaired) electrons. The molecule has 2 aliphatic rings. The van der Waals surface area contributed by atoms with Crippen molar-refractivity contribution in [3.63, 3.8) is 0 Å². The lowest BCUT2D eigenvalue weighted by molar-refractivity contribution is -0.122. The number of likely N-dealkylation sites (tertiary alicyclic amines) is 2. The second-order valence-corrected chi connectivity index (χ2v) is 6.43. The molecule has 0 aromatic carbocycles. The fourth-order valence-corrected chi connectivity index (χ4v) is 3.68. The molecule has 0 unspecified atom stereocenters. The normalized spacial score (nSPS) is 25.1. The molecule has 1 aromatic heterocycles. The summed E-state index contributed by atoms with van der Waals surface area (Å²) in [6.45, 7) is 3.97. The lowest BCUT2D eigenvalue weighted by Gasteiger charge is -2.33. The standard InChI is InChI=1S/C16H24N4O2/c1-17-15(21)11-19-7-5-12-9-20(10-13(12)8-19)16(22)14-4-3-6-18(14)2/h3-4,6,12-13H,5,7-11H2,1-2H3,(H,17,21)/t12-,13+/m1/s1. The number of hydrogen-bond donors (Lipinski definition) is 1. The Morgan fingerprint density at radius 1 is 1.27 bits per heavy atom. The second-order valence-electron chi connectivity index (χ2n) is 6.43. The monoisotopic (exact) mass is 304 g/mol. The highest BCUT2D eigenvalue weighted by Gasteiger charge is 2.39. The smallest absolute Gasteiger partial charge is 0.270 e. The van der Waals surface area contributed by atoms with Crippen LogP contribution in [-0.4, -0.2) is 66.0 Å². The number of aromatic nitrogens is 1. The fourth-order valence-electron chi connectivity index (χ4n) is 3.68. The molecule has 0 bridgehead atoms. The number of nitrogens with zero attached hydrogens (tertiary/aromatic N) is 3. The fraction of sp³-hybridized carbons (Fsp3) is 0.625. The van der Waals surface area contributed by atoms with Gasteiger partial charge in [-0.2, -0.15) is 0 Å². The van der Waals surface area contributed by atoms with Crippen LogP contribution < -0.4 is 5.32 Å². The van der Waals surface area contributed by atoms with E-state index in [1.807, 2.05) is 34.8 Å². The van der Waals surface area contributed by atoms with Gasteiger partial charge in [0.1, 0.15) is 5.69 Å². The van der Waals surface area contributed by atoms with E-state index in [4.69, 9.17) is 0 Å². The van der Waals surface area contributed by atoms with E-state index in [9.17, 15) is 9.59 Å². The van der Waals surface area contributed by atoms with E-state index in [1.54, 1.807) is 7.05 Å². The predicted molar refractivity (Wildman–Crippen MR) is 83.4 cm³/mol. The minimum Gasteiger partial charge on any atom is -0.358 e. The molecule has 1 aromatic rings. The van der Waals surface area contributed by atoms with Crippen LogP contribution >= 0.6 is 0 Å². The maximum atomic E-state index is 12.6. The van der Waals surface area contributed by atoms with Crippen molar-refractivity contribution in [1.29, 1.82) is 0 Å². The lowest BCUT2D eigenvalue weighted by Crippen LogP contribution is -2.44. The van der Waals surface area contributed by atoms with E-state index in [0.717, 1.165) is 38.3 Å². The summed E-state index contributed by atoms with van der Waals surface area (Å²) in [7, 11) is 3.58. The Hall–Kier alpha value is -1.82. The van der Waals surface area contributed by atoms with Crippen molar-refractivity contribution in [2.75, 3.05) is 39.8 Å². The molecule has 1 N–H and O–H groups in total. The molecular formula is C16H24N4O2. The summed E-state index contributed by atoms with van der Waals surface area (Å²) in [6.07, 6.45) is 2.97. The summed E-state index contributed by atoms with van der Waals surface area (Å²) in [5, 5.41) is 2.68. The summed E-state index contributed by atoms with van der Waals surface area (Å²) >= 11 is 0. The van der Waals surface area contributed by atoms with Gasteiger partial charge < -0.3 is 14.8 Å².